The Labute approximate surface area is 146 Å². The van der Waals surface area contributed by atoms with E-state index in [0.29, 0.717) is 12.4 Å². The van der Waals surface area contributed by atoms with Crippen LogP contribution < -0.4 is 4.74 Å². The monoisotopic (exact) mass is 326 g/mol. The van der Waals surface area contributed by atoms with E-state index in [-0.39, 0.29) is 0 Å². The molecule has 0 saturated carbocycles. The Hall–Kier alpha value is -3.26. The molecule has 4 aromatic carbocycles. The summed E-state index contributed by atoms with van der Waals surface area (Å²) in [5.74, 6) is 1.13. The van der Waals surface area contributed by atoms with Crippen molar-refractivity contribution in [2.75, 3.05) is 0 Å². The smallest absolute Gasteiger partial charge is 0.123 e. The van der Waals surface area contributed by atoms with Crippen LogP contribution in [0.4, 0.5) is 0 Å². The standard InChI is InChI=1S/C23H18O2/c24-23-9-5-4-8-22(23)19-11-10-18-12-13-21(15-20(18)14-19)25-16-17-6-2-1-3-7-17/h1-15,24H,16H2. The van der Waals surface area contributed by atoms with Gasteiger partial charge in [0.05, 0.1) is 0 Å². The fourth-order valence-corrected chi connectivity index (χ4v) is 2.94. The second kappa shape index (κ2) is 6.70. The van der Waals surface area contributed by atoms with Crippen molar-refractivity contribution in [3.05, 3.63) is 96.6 Å². The molecule has 0 bridgehead atoms. The first-order valence-corrected chi connectivity index (χ1v) is 8.28. The largest absolute Gasteiger partial charge is 0.507 e. The first-order chi connectivity index (χ1) is 12.3. The molecular weight excluding hydrogens is 308 g/mol. The van der Waals surface area contributed by atoms with Gasteiger partial charge in [-0.3, -0.25) is 0 Å². The van der Waals surface area contributed by atoms with Gasteiger partial charge in [-0.15, -0.1) is 0 Å². The molecule has 0 heterocycles. The maximum absolute atomic E-state index is 10.1. The Morgan fingerprint density at radius 1 is 0.680 bits per heavy atom. The Morgan fingerprint density at radius 3 is 2.28 bits per heavy atom. The fourth-order valence-electron chi connectivity index (χ4n) is 2.94. The van der Waals surface area contributed by atoms with Crippen LogP contribution in [0.5, 0.6) is 11.5 Å². The summed E-state index contributed by atoms with van der Waals surface area (Å²) < 4.78 is 5.92. The summed E-state index contributed by atoms with van der Waals surface area (Å²) in [6, 6.07) is 29.8. The highest BCUT2D eigenvalue weighted by atomic mass is 16.5. The Bertz CT molecular complexity index is 1010. The van der Waals surface area contributed by atoms with E-state index in [1.165, 1.54) is 0 Å². The third-order valence-corrected chi connectivity index (χ3v) is 4.28. The summed E-state index contributed by atoms with van der Waals surface area (Å²) >= 11 is 0. The van der Waals surface area contributed by atoms with Crippen LogP contribution in [0.3, 0.4) is 0 Å². The van der Waals surface area contributed by atoms with E-state index in [2.05, 4.69) is 30.3 Å². The lowest BCUT2D eigenvalue weighted by atomic mass is 10.0. The normalized spacial score (nSPS) is 10.7. The molecule has 4 rings (SSSR count). The third-order valence-electron chi connectivity index (χ3n) is 4.28. The lowest BCUT2D eigenvalue weighted by molar-refractivity contribution is 0.306. The zero-order chi connectivity index (χ0) is 17.1. The van der Waals surface area contributed by atoms with Gasteiger partial charge in [0.1, 0.15) is 18.1 Å². The van der Waals surface area contributed by atoms with Gasteiger partial charge in [0.25, 0.3) is 0 Å². The Kier molecular flexibility index (Phi) is 4.09. The molecule has 0 unspecified atom stereocenters. The van der Waals surface area contributed by atoms with E-state index >= 15 is 0 Å². The van der Waals surface area contributed by atoms with Crippen molar-refractivity contribution in [1.82, 2.24) is 0 Å². The van der Waals surface area contributed by atoms with Crippen LogP contribution in [-0.4, -0.2) is 5.11 Å². The molecule has 0 radical (unpaired) electrons. The van der Waals surface area contributed by atoms with E-state index in [1.807, 2.05) is 54.6 Å². The number of aromatic hydroxyl groups is 1. The molecule has 25 heavy (non-hydrogen) atoms. The van der Waals surface area contributed by atoms with Crippen molar-refractivity contribution < 1.29 is 9.84 Å². The van der Waals surface area contributed by atoms with Crippen LogP contribution in [0.25, 0.3) is 21.9 Å². The van der Waals surface area contributed by atoms with Gasteiger partial charge >= 0.3 is 0 Å². The number of phenolic OH excluding ortho intramolecular Hbond substituents is 1. The van der Waals surface area contributed by atoms with Crippen molar-refractivity contribution in [3.8, 4) is 22.6 Å². The molecule has 122 valence electrons. The second-order valence-corrected chi connectivity index (χ2v) is 6.02. The average Bonchev–Trinajstić information content (AvgIpc) is 2.67. The molecule has 0 aliphatic rings. The maximum Gasteiger partial charge on any atom is 0.123 e. The molecule has 0 aliphatic carbocycles. The van der Waals surface area contributed by atoms with Crippen molar-refractivity contribution >= 4 is 10.8 Å². The predicted molar refractivity (Wildman–Crippen MR) is 102 cm³/mol. The first kappa shape index (κ1) is 15.3. The second-order valence-electron chi connectivity index (χ2n) is 6.02. The molecule has 2 nitrogen and oxygen atoms in total. The zero-order valence-corrected chi connectivity index (χ0v) is 13.7. The molecule has 0 fully saturated rings. The van der Waals surface area contributed by atoms with Crippen LogP contribution >= 0.6 is 0 Å². The number of benzene rings is 4. The quantitative estimate of drug-likeness (QED) is 0.514. The number of ether oxygens (including phenoxy) is 1. The van der Waals surface area contributed by atoms with Crippen molar-refractivity contribution in [2.24, 2.45) is 0 Å². The van der Waals surface area contributed by atoms with Gasteiger partial charge in [-0.2, -0.15) is 0 Å². The molecule has 0 atom stereocenters. The minimum absolute atomic E-state index is 0.290. The summed E-state index contributed by atoms with van der Waals surface area (Å²) in [5, 5.41) is 12.3. The van der Waals surface area contributed by atoms with Crippen molar-refractivity contribution in [1.29, 1.82) is 0 Å². The van der Waals surface area contributed by atoms with Gasteiger partial charge in [0, 0.05) is 5.56 Å². The Morgan fingerprint density at radius 2 is 1.44 bits per heavy atom. The van der Waals surface area contributed by atoms with E-state index in [1.54, 1.807) is 6.07 Å². The number of para-hydroxylation sites is 1. The molecular formula is C23H18O2. The van der Waals surface area contributed by atoms with Crippen molar-refractivity contribution in [3.63, 3.8) is 0 Å². The minimum Gasteiger partial charge on any atom is -0.507 e. The van der Waals surface area contributed by atoms with Crippen LogP contribution in [0, 0.1) is 0 Å². The molecule has 0 amide bonds. The summed E-state index contributed by atoms with van der Waals surface area (Å²) in [5.41, 5.74) is 2.97. The van der Waals surface area contributed by atoms with Gasteiger partial charge in [0.15, 0.2) is 0 Å². The van der Waals surface area contributed by atoms with E-state index in [9.17, 15) is 5.11 Å². The van der Waals surface area contributed by atoms with Crippen LogP contribution in [0.2, 0.25) is 0 Å². The van der Waals surface area contributed by atoms with Crippen molar-refractivity contribution in [2.45, 2.75) is 6.61 Å². The van der Waals surface area contributed by atoms with Gasteiger partial charge < -0.3 is 9.84 Å². The number of fused-ring (bicyclic) bond motifs is 1. The van der Waals surface area contributed by atoms with Gasteiger partial charge in [0.2, 0.25) is 0 Å². The Balaban J connectivity index is 1.64. The molecule has 2 heteroatoms. The molecule has 1 N–H and O–H groups in total. The topological polar surface area (TPSA) is 29.5 Å². The molecule has 0 saturated heterocycles. The van der Waals surface area contributed by atoms with E-state index < -0.39 is 0 Å². The maximum atomic E-state index is 10.1. The van der Waals surface area contributed by atoms with E-state index in [4.69, 9.17) is 4.74 Å². The molecule has 0 aromatic heterocycles. The molecule has 0 aliphatic heterocycles. The van der Waals surface area contributed by atoms with Gasteiger partial charge in [-0.05, 0) is 46.2 Å². The number of hydrogen-bond acceptors (Lipinski definition) is 2. The number of rotatable bonds is 4. The lowest BCUT2D eigenvalue weighted by Gasteiger charge is -2.09. The van der Waals surface area contributed by atoms with Crippen LogP contribution in [0.15, 0.2) is 91.0 Å². The summed E-state index contributed by atoms with van der Waals surface area (Å²) in [4.78, 5) is 0. The fraction of sp³-hybridized carbons (Fsp3) is 0.0435. The summed E-state index contributed by atoms with van der Waals surface area (Å²) in [6.07, 6.45) is 0. The highest BCUT2D eigenvalue weighted by molar-refractivity contribution is 5.89. The lowest BCUT2D eigenvalue weighted by Crippen LogP contribution is -1.94. The van der Waals surface area contributed by atoms with Gasteiger partial charge in [-0.25, -0.2) is 0 Å². The zero-order valence-electron chi connectivity index (χ0n) is 13.7. The predicted octanol–water partition coefficient (Wildman–Crippen LogP) is 5.79. The summed E-state index contributed by atoms with van der Waals surface area (Å²) in [6.45, 7) is 0.547. The van der Waals surface area contributed by atoms with Crippen LogP contribution in [0.1, 0.15) is 5.56 Å². The first-order valence-electron chi connectivity index (χ1n) is 8.28. The number of hydrogen-bond donors (Lipinski definition) is 1. The molecule has 0 spiro atoms. The minimum atomic E-state index is 0.290. The third kappa shape index (κ3) is 3.33. The van der Waals surface area contributed by atoms with Gasteiger partial charge in [-0.1, -0.05) is 66.7 Å². The highest BCUT2D eigenvalue weighted by Crippen LogP contribution is 2.32. The average molecular weight is 326 g/mol. The molecule has 4 aromatic rings. The summed E-state index contributed by atoms with van der Waals surface area (Å²) in [7, 11) is 0. The highest BCUT2D eigenvalue weighted by Gasteiger charge is 2.05. The van der Waals surface area contributed by atoms with E-state index in [0.717, 1.165) is 33.2 Å². The SMILES string of the molecule is Oc1ccccc1-c1ccc2ccc(OCc3ccccc3)cc2c1. The van der Waals surface area contributed by atoms with Crippen LogP contribution in [-0.2, 0) is 6.61 Å². The number of phenols is 1.